The fourth-order valence-electron chi connectivity index (χ4n) is 2.27. The summed E-state index contributed by atoms with van der Waals surface area (Å²) in [7, 11) is 1.34. The van der Waals surface area contributed by atoms with E-state index in [0.717, 1.165) is 25.7 Å². The third-order valence-electron chi connectivity index (χ3n) is 3.28. The molecule has 2 rings (SSSR count). The van der Waals surface area contributed by atoms with Crippen molar-refractivity contribution in [3.05, 3.63) is 29.8 Å². The van der Waals surface area contributed by atoms with Crippen LogP contribution in [0.25, 0.3) is 0 Å². The van der Waals surface area contributed by atoms with E-state index in [9.17, 15) is 9.59 Å². The molecule has 0 atom stereocenters. The maximum atomic E-state index is 11.9. The van der Waals surface area contributed by atoms with Crippen molar-refractivity contribution in [1.82, 2.24) is 0 Å². The fourth-order valence-corrected chi connectivity index (χ4v) is 2.27. The predicted octanol–water partition coefficient (Wildman–Crippen LogP) is 2.60. The van der Waals surface area contributed by atoms with Crippen LogP contribution in [0, 0.1) is 5.92 Å². The third-order valence-corrected chi connectivity index (χ3v) is 3.28. The molecule has 1 aliphatic rings. The van der Waals surface area contributed by atoms with Gasteiger partial charge in [0, 0.05) is 11.6 Å². The van der Waals surface area contributed by atoms with Gasteiger partial charge in [-0.05, 0) is 31.0 Å². The Morgan fingerprint density at radius 3 is 2.67 bits per heavy atom. The van der Waals surface area contributed by atoms with Gasteiger partial charge >= 0.3 is 5.97 Å². The SMILES string of the molecule is COC(=O)c1cccc(NC(=O)C2CCCC2)c1. The van der Waals surface area contributed by atoms with Gasteiger partial charge in [-0.3, -0.25) is 4.79 Å². The largest absolute Gasteiger partial charge is 0.465 e. The maximum Gasteiger partial charge on any atom is 0.337 e. The molecule has 1 aromatic rings. The summed E-state index contributed by atoms with van der Waals surface area (Å²) in [6, 6.07) is 6.81. The first-order valence-corrected chi connectivity index (χ1v) is 6.20. The van der Waals surface area contributed by atoms with E-state index < -0.39 is 5.97 Å². The summed E-state index contributed by atoms with van der Waals surface area (Å²) in [5.74, 6) is -0.228. The number of carbonyl (C=O) groups excluding carboxylic acids is 2. The van der Waals surface area contributed by atoms with Crippen molar-refractivity contribution in [1.29, 1.82) is 0 Å². The molecule has 1 saturated carbocycles. The van der Waals surface area contributed by atoms with Gasteiger partial charge in [0.05, 0.1) is 12.7 Å². The van der Waals surface area contributed by atoms with Crippen LogP contribution in [-0.4, -0.2) is 19.0 Å². The van der Waals surface area contributed by atoms with E-state index in [1.54, 1.807) is 24.3 Å². The van der Waals surface area contributed by atoms with Gasteiger partial charge in [0.1, 0.15) is 0 Å². The number of carbonyl (C=O) groups is 2. The second-order valence-corrected chi connectivity index (χ2v) is 4.54. The summed E-state index contributed by atoms with van der Waals surface area (Å²) < 4.78 is 4.64. The molecular formula is C14H17NO3. The molecule has 0 unspecified atom stereocenters. The number of benzene rings is 1. The van der Waals surface area contributed by atoms with Crippen LogP contribution in [0.4, 0.5) is 5.69 Å². The van der Waals surface area contributed by atoms with Gasteiger partial charge in [0.25, 0.3) is 0 Å². The molecule has 18 heavy (non-hydrogen) atoms. The smallest absolute Gasteiger partial charge is 0.337 e. The van der Waals surface area contributed by atoms with Gasteiger partial charge in [0.15, 0.2) is 0 Å². The Labute approximate surface area is 106 Å². The Hall–Kier alpha value is -1.84. The Bertz CT molecular complexity index is 450. The molecule has 1 amide bonds. The van der Waals surface area contributed by atoms with E-state index in [1.807, 2.05) is 0 Å². The normalized spacial score (nSPS) is 15.4. The molecule has 4 nitrogen and oxygen atoms in total. The number of anilines is 1. The highest BCUT2D eigenvalue weighted by atomic mass is 16.5. The zero-order chi connectivity index (χ0) is 13.0. The minimum atomic E-state index is -0.396. The van der Waals surface area contributed by atoms with Crippen molar-refractivity contribution in [3.8, 4) is 0 Å². The predicted molar refractivity (Wildman–Crippen MR) is 68.4 cm³/mol. The summed E-state index contributed by atoms with van der Waals surface area (Å²) in [6.07, 6.45) is 4.17. The lowest BCUT2D eigenvalue weighted by Gasteiger charge is -2.10. The van der Waals surface area contributed by atoms with Crippen molar-refractivity contribution in [2.45, 2.75) is 25.7 Å². The molecule has 0 saturated heterocycles. The summed E-state index contributed by atoms with van der Waals surface area (Å²) in [5, 5.41) is 2.86. The van der Waals surface area contributed by atoms with Crippen LogP contribution in [0.15, 0.2) is 24.3 Å². The molecular weight excluding hydrogens is 230 g/mol. The number of hydrogen-bond donors (Lipinski definition) is 1. The standard InChI is InChI=1S/C14H17NO3/c1-18-14(17)11-7-4-8-12(9-11)15-13(16)10-5-2-3-6-10/h4,7-10H,2-3,5-6H2,1H3,(H,15,16). The number of rotatable bonds is 3. The molecule has 0 aromatic heterocycles. The highest BCUT2D eigenvalue weighted by Gasteiger charge is 2.22. The second-order valence-electron chi connectivity index (χ2n) is 4.54. The minimum Gasteiger partial charge on any atom is -0.465 e. The average molecular weight is 247 g/mol. The third kappa shape index (κ3) is 2.88. The average Bonchev–Trinajstić information content (AvgIpc) is 2.92. The molecule has 1 aromatic carbocycles. The molecule has 0 radical (unpaired) electrons. The maximum absolute atomic E-state index is 11.9. The van der Waals surface area contributed by atoms with E-state index in [4.69, 9.17) is 0 Å². The number of methoxy groups -OCH3 is 1. The van der Waals surface area contributed by atoms with E-state index in [1.165, 1.54) is 7.11 Å². The van der Waals surface area contributed by atoms with Crippen molar-refractivity contribution in [2.75, 3.05) is 12.4 Å². The number of esters is 1. The van der Waals surface area contributed by atoms with Gasteiger partial charge in [-0.25, -0.2) is 4.79 Å². The molecule has 0 aliphatic heterocycles. The Balaban J connectivity index is 2.04. The summed E-state index contributed by atoms with van der Waals surface area (Å²) in [6.45, 7) is 0. The second kappa shape index (κ2) is 5.67. The number of hydrogen-bond acceptors (Lipinski definition) is 3. The summed E-state index contributed by atoms with van der Waals surface area (Å²) in [5.41, 5.74) is 1.09. The summed E-state index contributed by atoms with van der Waals surface area (Å²) >= 11 is 0. The van der Waals surface area contributed by atoms with Crippen LogP contribution < -0.4 is 5.32 Å². The topological polar surface area (TPSA) is 55.4 Å². The molecule has 0 heterocycles. The van der Waals surface area contributed by atoms with Gasteiger partial charge in [0.2, 0.25) is 5.91 Å². The highest BCUT2D eigenvalue weighted by Crippen LogP contribution is 2.26. The van der Waals surface area contributed by atoms with Crippen molar-refractivity contribution in [2.24, 2.45) is 5.92 Å². The number of ether oxygens (including phenoxy) is 1. The van der Waals surface area contributed by atoms with Gasteiger partial charge in [-0.1, -0.05) is 18.9 Å². The number of amides is 1. The van der Waals surface area contributed by atoms with Crippen LogP contribution in [0.1, 0.15) is 36.0 Å². The first-order valence-electron chi connectivity index (χ1n) is 6.20. The number of nitrogens with one attached hydrogen (secondary N) is 1. The fraction of sp³-hybridized carbons (Fsp3) is 0.429. The zero-order valence-electron chi connectivity index (χ0n) is 10.4. The lowest BCUT2D eigenvalue weighted by Crippen LogP contribution is -2.20. The van der Waals surface area contributed by atoms with Crippen molar-refractivity contribution < 1.29 is 14.3 Å². The van der Waals surface area contributed by atoms with Gasteiger partial charge in [-0.2, -0.15) is 0 Å². The first-order chi connectivity index (χ1) is 8.70. The van der Waals surface area contributed by atoms with Crippen LogP contribution in [0.3, 0.4) is 0 Å². The van der Waals surface area contributed by atoms with Crippen LogP contribution in [0.5, 0.6) is 0 Å². The Morgan fingerprint density at radius 2 is 2.00 bits per heavy atom. The van der Waals surface area contributed by atoms with E-state index in [-0.39, 0.29) is 11.8 Å². The van der Waals surface area contributed by atoms with E-state index >= 15 is 0 Å². The molecule has 96 valence electrons. The van der Waals surface area contributed by atoms with Crippen molar-refractivity contribution >= 4 is 17.6 Å². The van der Waals surface area contributed by atoms with Crippen LogP contribution >= 0.6 is 0 Å². The quantitative estimate of drug-likeness (QED) is 0.835. The monoisotopic (exact) mass is 247 g/mol. The summed E-state index contributed by atoms with van der Waals surface area (Å²) in [4.78, 5) is 23.3. The molecule has 0 bridgehead atoms. The van der Waals surface area contributed by atoms with E-state index in [0.29, 0.717) is 11.3 Å². The van der Waals surface area contributed by atoms with E-state index in [2.05, 4.69) is 10.1 Å². The zero-order valence-corrected chi connectivity index (χ0v) is 10.4. The van der Waals surface area contributed by atoms with Crippen LogP contribution in [-0.2, 0) is 9.53 Å². The lowest BCUT2D eigenvalue weighted by molar-refractivity contribution is -0.119. The molecule has 4 heteroatoms. The molecule has 1 aliphatic carbocycles. The molecule has 1 fully saturated rings. The Kier molecular flexibility index (Phi) is 3.97. The first kappa shape index (κ1) is 12.6. The van der Waals surface area contributed by atoms with Gasteiger partial charge in [-0.15, -0.1) is 0 Å². The minimum absolute atomic E-state index is 0.0505. The molecule has 0 spiro atoms. The highest BCUT2D eigenvalue weighted by molar-refractivity contribution is 5.95. The molecule has 1 N–H and O–H groups in total. The van der Waals surface area contributed by atoms with Gasteiger partial charge < -0.3 is 10.1 Å². The Morgan fingerprint density at radius 1 is 1.28 bits per heavy atom. The van der Waals surface area contributed by atoms with Crippen molar-refractivity contribution in [3.63, 3.8) is 0 Å². The lowest BCUT2D eigenvalue weighted by atomic mass is 10.1. The van der Waals surface area contributed by atoms with Crippen LogP contribution in [0.2, 0.25) is 0 Å².